The average molecular weight is 360 g/mol. The van der Waals surface area contributed by atoms with Gasteiger partial charge in [-0.05, 0) is 41.1 Å². The molecule has 0 saturated carbocycles. The van der Waals surface area contributed by atoms with Gasteiger partial charge in [-0.2, -0.15) is 0 Å². The topological polar surface area (TPSA) is 56.7 Å². The summed E-state index contributed by atoms with van der Waals surface area (Å²) in [5.41, 5.74) is 2.19. The van der Waals surface area contributed by atoms with Crippen LogP contribution in [0.5, 0.6) is 0 Å². The van der Waals surface area contributed by atoms with Crippen molar-refractivity contribution in [3.8, 4) is 0 Å². The molecular weight excluding hydrogens is 339 g/mol. The van der Waals surface area contributed by atoms with E-state index in [0.717, 1.165) is 18.5 Å². The number of carbonyl (C=O) groups excluding carboxylic acids is 1. The molecule has 0 radical (unpaired) electrons. The van der Waals surface area contributed by atoms with Gasteiger partial charge in [0, 0.05) is 31.6 Å². The number of benzene rings is 1. The minimum absolute atomic E-state index is 0.0570. The fourth-order valence-electron chi connectivity index (χ4n) is 2.74. The zero-order valence-corrected chi connectivity index (χ0v) is 14.9. The highest BCUT2D eigenvalue weighted by atomic mass is 32.1. The predicted octanol–water partition coefficient (Wildman–Crippen LogP) is 2.14. The molecule has 0 aliphatic carbocycles. The van der Waals surface area contributed by atoms with Crippen molar-refractivity contribution in [2.24, 2.45) is 4.99 Å². The van der Waals surface area contributed by atoms with Crippen LogP contribution in [0.25, 0.3) is 0 Å². The van der Waals surface area contributed by atoms with E-state index in [0.29, 0.717) is 19.0 Å². The number of fused-ring (bicyclic) bond motifs is 1. The molecule has 0 spiro atoms. The maximum atomic E-state index is 12.9. The molecule has 132 valence electrons. The summed E-state index contributed by atoms with van der Waals surface area (Å²) >= 11 is 1.76. The molecule has 1 aromatic heterocycles. The highest BCUT2D eigenvalue weighted by molar-refractivity contribution is 7.10. The second-order valence-electron chi connectivity index (χ2n) is 5.84. The molecule has 0 fully saturated rings. The van der Waals surface area contributed by atoms with Gasteiger partial charge in [0.05, 0.1) is 6.54 Å². The first kappa shape index (κ1) is 17.4. The number of hydrogen-bond acceptors (Lipinski definition) is 3. The van der Waals surface area contributed by atoms with E-state index in [1.165, 1.54) is 22.6 Å². The molecule has 1 aromatic carbocycles. The second kappa shape index (κ2) is 8.11. The Morgan fingerprint density at radius 2 is 2.08 bits per heavy atom. The van der Waals surface area contributed by atoms with Crippen LogP contribution < -0.4 is 10.6 Å². The van der Waals surface area contributed by atoms with Crippen molar-refractivity contribution in [1.29, 1.82) is 0 Å². The molecule has 7 heteroatoms. The lowest BCUT2D eigenvalue weighted by Gasteiger charge is -2.27. The molecule has 1 aliphatic rings. The quantitative estimate of drug-likeness (QED) is 0.649. The molecule has 2 aromatic rings. The summed E-state index contributed by atoms with van der Waals surface area (Å²) in [6.07, 6.45) is 0.927. The number of hydrogen-bond donors (Lipinski definition) is 2. The predicted molar refractivity (Wildman–Crippen MR) is 98.0 cm³/mol. The maximum absolute atomic E-state index is 12.9. The minimum Gasteiger partial charge on any atom is -0.352 e. The fourth-order valence-corrected chi connectivity index (χ4v) is 3.63. The van der Waals surface area contributed by atoms with Gasteiger partial charge in [0.2, 0.25) is 5.91 Å². The molecule has 0 saturated heterocycles. The summed E-state index contributed by atoms with van der Waals surface area (Å²) in [6.45, 7) is 2.15. The number of aliphatic imine (C=N–C) groups is 1. The Morgan fingerprint density at radius 1 is 1.28 bits per heavy atom. The van der Waals surface area contributed by atoms with Crippen LogP contribution in [0.3, 0.4) is 0 Å². The summed E-state index contributed by atoms with van der Waals surface area (Å²) in [6, 6.07) is 8.37. The summed E-state index contributed by atoms with van der Waals surface area (Å²) in [7, 11) is 1.66. The second-order valence-corrected chi connectivity index (χ2v) is 6.84. The maximum Gasteiger partial charge on any atom is 0.242 e. The van der Waals surface area contributed by atoms with Gasteiger partial charge in [-0.3, -0.25) is 9.79 Å². The Morgan fingerprint density at radius 3 is 2.84 bits per heavy atom. The van der Waals surface area contributed by atoms with Crippen molar-refractivity contribution < 1.29 is 9.18 Å². The Bertz CT molecular complexity index is 757. The van der Waals surface area contributed by atoms with E-state index in [2.05, 4.69) is 27.1 Å². The molecule has 1 amide bonds. The van der Waals surface area contributed by atoms with Gasteiger partial charge in [-0.25, -0.2) is 4.39 Å². The van der Waals surface area contributed by atoms with Gasteiger partial charge in [0.1, 0.15) is 5.82 Å². The Kier molecular flexibility index (Phi) is 5.65. The lowest BCUT2D eigenvalue weighted by atomic mass is 10.1. The van der Waals surface area contributed by atoms with Crippen molar-refractivity contribution in [3.05, 3.63) is 57.5 Å². The molecule has 25 heavy (non-hydrogen) atoms. The van der Waals surface area contributed by atoms with Crippen molar-refractivity contribution in [1.82, 2.24) is 15.5 Å². The molecule has 2 heterocycles. The Hall–Kier alpha value is -2.41. The largest absolute Gasteiger partial charge is 0.352 e. The van der Waals surface area contributed by atoms with Gasteiger partial charge in [-0.15, -0.1) is 11.3 Å². The van der Waals surface area contributed by atoms with E-state index in [9.17, 15) is 9.18 Å². The first-order chi connectivity index (χ1) is 12.2. The lowest BCUT2D eigenvalue weighted by molar-refractivity contribution is -0.130. The third kappa shape index (κ3) is 4.57. The molecule has 0 atom stereocenters. The number of nitrogens with zero attached hydrogens (tertiary/aromatic N) is 2. The Labute approximate surface area is 150 Å². The van der Waals surface area contributed by atoms with Gasteiger partial charge < -0.3 is 15.5 Å². The van der Waals surface area contributed by atoms with Gasteiger partial charge in [-0.1, -0.05) is 12.1 Å². The number of thiophene rings is 1. The number of carbonyl (C=O) groups is 1. The first-order valence-electron chi connectivity index (χ1n) is 8.17. The molecule has 1 aliphatic heterocycles. The van der Waals surface area contributed by atoms with E-state index in [1.807, 2.05) is 4.90 Å². The number of halogens is 1. The van der Waals surface area contributed by atoms with Gasteiger partial charge in [0.25, 0.3) is 0 Å². The number of guanidine groups is 1. The monoisotopic (exact) mass is 360 g/mol. The van der Waals surface area contributed by atoms with E-state index < -0.39 is 0 Å². The van der Waals surface area contributed by atoms with E-state index >= 15 is 0 Å². The summed E-state index contributed by atoms with van der Waals surface area (Å²) < 4.78 is 12.9. The Balaban J connectivity index is 1.46. The van der Waals surface area contributed by atoms with Crippen LogP contribution in [0.15, 0.2) is 40.7 Å². The van der Waals surface area contributed by atoms with Crippen molar-refractivity contribution >= 4 is 23.2 Å². The zero-order valence-electron chi connectivity index (χ0n) is 14.1. The molecule has 5 nitrogen and oxygen atoms in total. The highest BCUT2D eigenvalue weighted by Crippen LogP contribution is 2.23. The van der Waals surface area contributed by atoms with Crippen molar-refractivity contribution in [3.63, 3.8) is 0 Å². The highest BCUT2D eigenvalue weighted by Gasteiger charge is 2.21. The average Bonchev–Trinajstić information content (AvgIpc) is 3.10. The lowest BCUT2D eigenvalue weighted by Crippen LogP contribution is -2.45. The van der Waals surface area contributed by atoms with Crippen LogP contribution in [0.4, 0.5) is 4.39 Å². The smallest absolute Gasteiger partial charge is 0.242 e. The molecule has 0 bridgehead atoms. The first-order valence-corrected chi connectivity index (χ1v) is 9.05. The van der Waals surface area contributed by atoms with Crippen LogP contribution in [0.2, 0.25) is 0 Å². The van der Waals surface area contributed by atoms with E-state index in [1.54, 1.807) is 30.5 Å². The van der Waals surface area contributed by atoms with Crippen molar-refractivity contribution in [2.75, 3.05) is 20.1 Å². The standard InChI is InChI=1S/C18H21FN4OS/c1-20-18(21-10-13-2-4-15(19)5-3-13)22-11-17(24)23-8-6-16-14(12-23)7-9-25-16/h2-5,7,9H,6,8,10-12H2,1H3,(H2,20,21,22). The molecule has 0 unspecified atom stereocenters. The number of amides is 1. The molecule has 2 N–H and O–H groups in total. The minimum atomic E-state index is -0.257. The van der Waals surface area contributed by atoms with Crippen LogP contribution in [-0.2, 0) is 24.3 Å². The number of rotatable bonds is 4. The normalized spacial score (nSPS) is 14.2. The van der Waals surface area contributed by atoms with Crippen LogP contribution >= 0.6 is 11.3 Å². The summed E-state index contributed by atoms with van der Waals surface area (Å²) in [5, 5.41) is 8.25. The zero-order chi connectivity index (χ0) is 17.6. The van der Waals surface area contributed by atoms with Crippen LogP contribution in [0, 0.1) is 5.82 Å². The van der Waals surface area contributed by atoms with Gasteiger partial charge in [0.15, 0.2) is 5.96 Å². The van der Waals surface area contributed by atoms with Gasteiger partial charge >= 0.3 is 0 Å². The third-order valence-corrected chi connectivity index (χ3v) is 5.19. The fraction of sp³-hybridized carbons (Fsp3) is 0.333. The molecule has 3 rings (SSSR count). The van der Waals surface area contributed by atoms with Crippen LogP contribution in [-0.4, -0.2) is 36.9 Å². The van der Waals surface area contributed by atoms with Crippen LogP contribution in [0.1, 0.15) is 16.0 Å². The van der Waals surface area contributed by atoms with Crippen molar-refractivity contribution in [2.45, 2.75) is 19.5 Å². The molecular formula is C18H21FN4OS. The summed E-state index contributed by atoms with van der Waals surface area (Å²) in [5.74, 6) is 0.347. The third-order valence-electron chi connectivity index (χ3n) is 4.16. The summed E-state index contributed by atoms with van der Waals surface area (Å²) in [4.78, 5) is 19.8. The number of nitrogens with one attached hydrogen (secondary N) is 2. The van der Waals surface area contributed by atoms with E-state index in [-0.39, 0.29) is 18.3 Å². The van der Waals surface area contributed by atoms with E-state index in [4.69, 9.17) is 0 Å². The SMILES string of the molecule is CN=C(NCC(=O)N1CCc2sccc2C1)NCc1ccc(F)cc1.